The van der Waals surface area contributed by atoms with E-state index in [0.717, 1.165) is 17.2 Å². The Bertz CT molecular complexity index is 558. The van der Waals surface area contributed by atoms with Crippen LogP contribution in [0.2, 0.25) is 0 Å². The maximum atomic E-state index is 12.4. The lowest BCUT2D eigenvalue weighted by molar-refractivity contribution is -0.141. The van der Waals surface area contributed by atoms with Crippen LogP contribution < -0.4 is 5.73 Å². The molecule has 2 aromatic rings. The molecule has 0 spiro atoms. The van der Waals surface area contributed by atoms with Gasteiger partial charge in [-0.05, 0) is 36.2 Å². The van der Waals surface area contributed by atoms with E-state index in [9.17, 15) is 13.2 Å². The van der Waals surface area contributed by atoms with E-state index in [1.54, 1.807) is 18.2 Å². The molecule has 0 fully saturated rings. The molecule has 0 saturated carbocycles. The third-order valence-electron chi connectivity index (χ3n) is 2.69. The minimum Gasteiger partial charge on any atom is -0.326 e. The molecule has 1 aromatic heterocycles. The van der Waals surface area contributed by atoms with E-state index < -0.39 is 11.9 Å². The maximum absolute atomic E-state index is 12.4. The highest BCUT2D eigenvalue weighted by Gasteiger charge is 2.33. The molecule has 0 aliphatic rings. The zero-order chi connectivity index (χ0) is 13.3. The van der Waals surface area contributed by atoms with Crippen molar-refractivity contribution >= 4 is 0 Å². The average Bonchev–Trinajstić information content (AvgIpc) is 2.77. The molecule has 0 bridgehead atoms. The molecule has 0 aliphatic heterocycles. The largest absolute Gasteiger partial charge is 0.435 e. The minimum absolute atomic E-state index is 0.402. The van der Waals surface area contributed by atoms with Crippen LogP contribution in [0.1, 0.15) is 16.8 Å². The molecule has 18 heavy (non-hydrogen) atoms. The predicted molar refractivity (Wildman–Crippen MR) is 61.2 cm³/mol. The highest BCUT2D eigenvalue weighted by atomic mass is 19.4. The average molecular weight is 255 g/mol. The second kappa shape index (κ2) is 4.45. The quantitative estimate of drug-likeness (QED) is 0.896. The number of aryl methyl sites for hydroxylation is 1. The normalized spacial score (nSPS) is 11.8. The summed E-state index contributed by atoms with van der Waals surface area (Å²) in [5.41, 5.74) is 7.10. The number of hydrogen-bond acceptors (Lipinski definition) is 2. The van der Waals surface area contributed by atoms with Gasteiger partial charge in [-0.25, -0.2) is 4.68 Å². The van der Waals surface area contributed by atoms with Crippen molar-refractivity contribution in [3.63, 3.8) is 0 Å². The van der Waals surface area contributed by atoms with Crippen LogP contribution in [-0.4, -0.2) is 9.78 Å². The number of nitrogens with two attached hydrogens (primary N) is 1. The number of halogens is 3. The molecule has 0 aliphatic carbocycles. The number of rotatable bonds is 2. The Morgan fingerprint density at radius 2 is 2.00 bits per heavy atom. The van der Waals surface area contributed by atoms with Gasteiger partial charge in [-0.1, -0.05) is 6.07 Å². The number of hydrogen-bond donors (Lipinski definition) is 1. The van der Waals surface area contributed by atoms with E-state index in [2.05, 4.69) is 5.10 Å². The molecule has 0 saturated heterocycles. The minimum atomic E-state index is -4.42. The highest BCUT2D eigenvalue weighted by Crippen LogP contribution is 2.28. The van der Waals surface area contributed by atoms with Crippen LogP contribution in [0.4, 0.5) is 13.2 Å². The first-order chi connectivity index (χ1) is 8.41. The van der Waals surface area contributed by atoms with E-state index in [-0.39, 0.29) is 0 Å². The summed E-state index contributed by atoms with van der Waals surface area (Å²) in [6.07, 6.45) is -3.13. The number of nitrogens with zero attached hydrogens (tertiary/aromatic N) is 2. The third-order valence-corrected chi connectivity index (χ3v) is 2.69. The van der Waals surface area contributed by atoms with Gasteiger partial charge in [0, 0.05) is 12.7 Å². The zero-order valence-electron chi connectivity index (χ0n) is 9.70. The van der Waals surface area contributed by atoms with Gasteiger partial charge in [0.1, 0.15) is 0 Å². The van der Waals surface area contributed by atoms with Crippen LogP contribution in [0.15, 0.2) is 30.5 Å². The molecule has 0 radical (unpaired) electrons. The lowest BCUT2D eigenvalue weighted by atomic mass is 10.1. The topological polar surface area (TPSA) is 43.8 Å². The summed E-state index contributed by atoms with van der Waals surface area (Å²) in [4.78, 5) is 0. The summed E-state index contributed by atoms with van der Waals surface area (Å²) in [6.45, 7) is 2.26. The summed E-state index contributed by atoms with van der Waals surface area (Å²) in [5, 5.41) is 3.51. The van der Waals surface area contributed by atoms with Gasteiger partial charge in [-0.15, -0.1) is 0 Å². The number of alkyl halides is 3. The van der Waals surface area contributed by atoms with Crippen molar-refractivity contribution < 1.29 is 13.2 Å². The van der Waals surface area contributed by atoms with E-state index >= 15 is 0 Å². The van der Waals surface area contributed by atoms with Crippen LogP contribution in [0.3, 0.4) is 0 Å². The van der Waals surface area contributed by atoms with Gasteiger partial charge in [0.2, 0.25) is 0 Å². The lowest BCUT2D eigenvalue weighted by Gasteiger charge is -2.07. The van der Waals surface area contributed by atoms with Crippen LogP contribution >= 0.6 is 0 Å². The molecule has 96 valence electrons. The van der Waals surface area contributed by atoms with Gasteiger partial charge in [0.25, 0.3) is 0 Å². The summed E-state index contributed by atoms with van der Waals surface area (Å²) in [5.74, 6) is 0. The smallest absolute Gasteiger partial charge is 0.326 e. The van der Waals surface area contributed by atoms with Gasteiger partial charge in [0.05, 0.1) is 5.69 Å². The molecule has 3 nitrogen and oxygen atoms in total. The highest BCUT2D eigenvalue weighted by molar-refractivity contribution is 5.39. The Labute approximate surface area is 102 Å². The van der Waals surface area contributed by atoms with E-state index in [4.69, 9.17) is 5.73 Å². The van der Waals surface area contributed by atoms with E-state index in [1.165, 1.54) is 10.9 Å². The van der Waals surface area contributed by atoms with Crippen molar-refractivity contribution in [3.05, 3.63) is 47.3 Å². The summed E-state index contributed by atoms with van der Waals surface area (Å²) in [7, 11) is 0. The van der Waals surface area contributed by atoms with Crippen molar-refractivity contribution in [2.24, 2.45) is 5.73 Å². The number of aromatic nitrogens is 2. The summed E-state index contributed by atoms with van der Waals surface area (Å²) in [6, 6.07) is 6.20. The first kappa shape index (κ1) is 12.6. The lowest BCUT2D eigenvalue weighted by Crippen LogP contribution is -2.07. The van der Waals surface area contributed by atoms with E-state index in [1.807, 2.05) is 6.92 Å². The van der Waals surface area contributed by atoms with Crippen molar-refractivity contribution in [1.82, 2.24) is 9.78 Å². The first-order valence-electron chi connectivity index (χ1n) is 5.34. The van der Waals surface area contributed by atoms with Gasteiger partial charge in [-0.3, -0.25) is 0 Å². The van der Waals surface area contributed by atoms with Crippen molar-refractivity contribution in [1.29, 1.82) is 0 Å². The van der Waals surface area contributed by atoms with Gasteiger partial charge in [-0.2, -0.15) is 18.3 Å². The molecule has 1 heterocycles. The first-order valence-corrected chi connectivity index (χ1v) is 5.34. The Hall–Kier alpha value is -1.82. The van der Waals surface area contributed by atoms with Crippen molar-refractivity contribution in [2.45, 2.75) is 19.6 Å². The molecule has 1 aromatic carbocycles. The second-order valence-corrected chi connectivity index (χ2v) is 3.96. The summed E-state index contributed by atoms with van der Waals surface area (Å²) >= 11 is 0. The van der Waals surface area contributed by atoms with Crippen LogP contribution in [0.5, 0.6) is 0 Å². The summed E-state index contributed by atoms with van der Waals surface area (Å²) < 4.78 is 38.5. The van der Waals surface area contributed by atoms with Gasteiger partial charge >= 0.3 is 6.18 Å². The standard InChI is InChI=1S/C12H12F3N3/c1-8-6-10(3-2-9(8)7-16)18-5-4-11(17-18)12(13,14)15/h2-6H,7,16H2,1H3. The predicted octanol–water partition coefficient (Wildman–Crippen LogP) is 2.66. The van der Waals surface area contributed by atoms with Crippen molar-refractivity contribution in [3.8, 4) is 5.69 Å². The zero-order valence-corrected chi connectivity index (χ0v) is 9.70. The molecule has 6 heteroatoms. The fraction of sp³-hybridized carbons (Fsp3) is 0.250. The fourth-order valence-electron chi connectivity index (χ4n) is 1.67. The molecule has 0 atom stereocenters. The van der Waals surface area contributed by atoms with Crippen LogP contribution in [0, 0.1) is 6.92 Å². The second-order valence-electron chi connectivity index (χ2n) is 3.96. The van der Waals surface area contributed by atoms with Crippen LogP contribution in [0.25, 0.3) is 5.69 Å². The van der Waals surface area contributed by atoms with Gasteiger partial charge < -0.3 is 5.73 Å². The maximum Gasteiger partial charge on any atom is 0.435 e. The monoisotopic (exact) mass is 255 g/mol. The van der Waals surface area contributed by atoms with E-state index in [0.29, 0.717) is 12.2 Å². The Kier molecular flexibility index (Phi) is 3.13. The Morgan fingerprint density at radius 3 is 2.50 bits per heavy atom. The fourth-order valence-corrected chi connectivity index (χ4v) is 1.67. The molecule has 0 amide bonds. The van der Waals surface area contributed by atoms with Gasteiger partial charge in [0.15, 0.2) is 5.69 Å². The third kappa shape index (κ3) is 2.38. The molecular formula is C12H12F3N3. The molecule has 2 rings (SSSR count). The Morgan fingerprint density at radius 1 is 1.28 bits per heavy atom. The Balaban J connectivity index is 2.38. The molecule has 2 N–H and O–H groups in total. The molecule has 0 unspecified atom stereocenters. The number of benzene rings is 1. The van der Waals surface area contributed by atoms with Crippen molar-refractivity contribution in [2.75, 3.05) is 0 Å². The van der Waals surface area contributed by atoms with Crippen LogP contribution in [-0.2, 0) is 12.7 Å². The molecular weight excluding hydrogens is 243 g/mol. The SMILES string of the molecule is Cc1cc(-n2ccc(C(F)(F)F)n2)ccc1CN.